The molecular weight excluding hydrogens is 136 g/mol. The normalized spacial score (nSPS) is 43.8. The van der Waals surface area contributed by atoms with E-state index >= 15 is 0 Å². The number of aliphatic hydroxyl groups excluding tert-OH is 3. The van der Waals surface area contributed by atoms with Crippen molar-refractivity contribution in [1.29, 1.82) is 0 Å². The number of aliphatic hydroxyl groups is 3. The smallest absolute Gasteiger partial charge is 0.181 e. The zero-order valence-corrected chi connectivity index (χ0v) is 5.77. The quantitative estimate of drug-likeness (QED) is 0.438. The van der Waals surface area contributed by atoms with Gasteiger partial charge in [0, 0.05) is 6.42 Å². The van der Waals surface area contributed by atoms with Crippen LogP contribution < -0.4 is 0 Å². The van der Waals surface area contributed by atoms with Gasteiger partial charge < -0.3 is 20.1 Å². The molecule has 1 heterocycles. The molecule has 1 aliphatic heterocycles. The Kier molecular flexibility index (Phi) is 2.25. The first-order chi connectivity index (χ1) is 4.61. The number of hydrogen-bond donors (Lipinski definition) is 3. The van der Waals surface area contributed by atoms with E-state index in [4.69, 9.17) is 20.1 Å². The van der Waals surface area contributed by atoms with Crippen LogP contribution in [-0.2, 0) is 4.74 Å². The average molecular weight is 148 g/mol. The second-order valence-corrected chi connectivity index (χ2v) is 2.61. The van der Waals surface area contributed by atoms with Crippen LogP contribution in [0, 0.1) is 0 Å². The number of rotatable bonds is 1. The largest absolute Gasteiger partial charge is 0.391 e. The molecule has 0 aromatic carbocycles. The Hall–Kier alpha value is -0.160. The molecule has 3 N–H and O–H groups in total. The minimum Gasteiger partial charge on any atom is -0.391 e. The summed E-state index contributed by atoms with van der Waals surface area (Å²) in [5.74, 6) is 0. The van der Waals surface area contributed by atoms with Crippen molar-refractivity contribution < 1.29 is 20.1 Å². The van der Waals surface area contributed by atoms with Gasteiger partial charge in [-0.3, -0.25) is 0 Å². The van der Waals surface area contributed by atoms with Crippen molar-refractivity contribution >= 4 is 0 Å². The zero-order valence-electron chi connectivity index (χ0n) is 5.77. The van der Waals surface area contributed by atoms with Gasteiger partial charge in [-0.15, -0.1) is 0 Å². The molecule has 0 spiro atoms. The lowest BCUT2D eigenvalue weighted by Crippen LogP contribution is -2.22. The van der Waals surface area contributed by atoms with Gasteiger partial charge >= 0.3 is 0 Å². The van der Waals surface area contributed by atoms with E-state index < -0.39 is 24.6 Å². The highest BCUT2D eigenvalue weighted by Crippen LogP contribution is 2.20. The Morgan fingerprint density at radius 2 is 2.10 bits per heavy atom. The van der Waals surface area contributed by atoms with Crippen molar-refractivity contribution in [2.75, 3.05) is 0 Å². The average Bonchev–Trinajstić information content (AvgIpc) is 2.13. The molecule has 1 fully saturated rings. The first-order valence-electron chi connectivity index (χ1n) is 3.31. The maximum Gasteiger partial charge on any atom is 0.181 e. The van der Waals surface area contributed by atoms with Crippen LogP contribution in [0.25, 0.3) is 0 Å². The molecule has 0 amide bonds. The van der Waals surface area contributed by atoms with Gasteiger partial charge in [-0.2, -0.15) is 0 Å². The van der Waals surface area contributed by atoms with Crippen LogP contribution >= 0.6 is 0 Å². The molecule has 4 atom stereocenters. The summed E-state index contributed by atoms with van der Waals surface area (Å²) in [7, 11) is 0. The van der Waals surface area contributed by atoms with Gasteiger partial charge in [0.1, 0.15) is 6.10 Å². The second kappa shape index (κ2) is 2.84. The highest BCUT2D eigenvalue weighted by Gasteiger charge is 2.34. The summed E-state index contributed by atoms with van der Waals surface area (Å²) in [4.78, 5) is 0. The third-order valence-corrected chi connectivity index (χ3v) is 1.66. The number of ether oxygens (including phenoxy) is 1. The van der Waals surface area contributed by atoms with E-state index in [0.29, 0.717) is 6.42 Å². The summed E-state index contributed by atoms with van der Waals surface area (Å²) >= 11 is 0. The fourth-order valence-electron chi connectivity index (χ4n) is 0.990. The zero-order chi connectivity index (χ0) is 7.72. The molecular formula is C6H12O4. The monoisotopic (exact) mass is 148 g/mol. The summed E-state index contributed by atoms with van der Waals surface area (Å²) in [6, 6.07) is 0. The molecule has 10 heavy (non-hydrogen) atoms. The molecule has 4 nitrogen and oxygen atoms in total. The van der Waals surface area contributed by atoms with Crippen LogP contribution in [0.1, 0.15) is 13.3 Å². The molecule has 0 aromatic rings. The van der Waals surface area contributed by atoms with E-state index in [2.05, 4.69) is 0 Å². The summed E-state index contributed by atoms with van der Waals surface area (Å²) in [6.45, 7) is 1.56. The Bertz CT molecular complexity index is 104. The lowest BCUT2D eigenvalue weighted by Gasteiger charge is -2.11. The van der Waals surface area contributed by atoms with Crippen molar-refractivity contribution in [1.82, 2.24) is 0 Å². The first-order valence-corrected chi connectivity index (χ1v) is 3.31. The van der Waals surface area contributed by atoms with Gasteiger partial charge in [-0.25, -0.2) is 0 Å². The number of hydrogen-bond acceptors (Lipinski definition) is 4. The van der Waals surface area contributed by atoms with Crippen LogP contribution in [0.3, 0.4) is 0 Å². The summed E-state index contributed by atoms with van der Waals surface area (Å²) < 4.78 is 4.79. The summed E-state index contributed by atoms with van der Waals surface area (Å²) in [5.41, 5.74) is 0. The highest BCUT2D eigenvalue weighted by molar-refractivity contribution is 4.78. The molecule has 4 heteroatoms. The van der Waals surface area contributed by atoms with Crippen molar-refractivity contribution in [3.05, 3.63) is 0 Å². The minimum atomic E-state index is -1.13. The van der Waals surface area contributed by atoms with Crippen molar-refractivity contribution in [3.8, 4) is 0 Å². The predicted molar refractivity (Wildman–Crippen MR) is 33.2 cm³/mol. The fourth-order valence-corrected chi connectivity index (χ4v) is 0.990. The Labute approximate surface area is 59.1 Å². The van der Waals surface area contributed by atoms with Gasteiger partial charge in [-0.05, 0) is 6.92 Å². The molecule has 0 bridgehead atoms. The van der Waals surface area contributed by atoms with E-state index in [1.165, 1.54) is 0 Å². The summed E-state index contributed by atoms with van der Waals surface area (Å²) in [6.07, 6.45) is -2.73. The third-order valence-electron chi connectivity index (χ3n) is 1.66. The second-order valence-electron chi connectivity index (χ2n) is 2.61. The van der Waals surface area contributed by atoms with Gasteiger partial charge in [0.05, 0.1) is 12.2 Å². The lowest BCUT2D eigenvalue weighted by atomic mass is 10.1. The maximum absolute atomic E-state index is 8.94. The van der Waals surface area contributed by atoms with Gasteiger partial charge in [0.25, 0.3) is 0 Å². The fraction of sp³-hybridized carbons (Fsp3) is 1.00. The van der Waals surface area contributed by atoms with Gasteiger partial charge in [-0.1, -0.05) is 0 Å². The van der Waals surface area contributed by atoms with E-state index in [1.54, 1.807) is 6.92 Å². The van der Waals surface area contributed by atoms with Gasteiger partial charge in [0.2, 0.25) is 0 Å². The Morgan fingerprint density at radius 1 is 1.50 bits per heavy atom. The molecule has 1 aliphatic rings. The predicted octanol–water partition coefficient (Wildman–Crippen LogP) is -1.16. The standard InChI is InChI=1S/C6H12O4/c1-3(7)5-2-4(8)6(9)10-5/h3-9H,2H2,1H3. The third kappa shape index (κ3) is 1.46. The summed E-state index contributed by atoms with van der Waals surface area (Å²) in [5, 5.41) is 26.7. The molecule has 1 saturated heterocycles. The maximum atomic E-state index is 8.94. The van der Waals surface area contributed by atoms with E-state index in [1.807, 2.05) is 0 Å². The topological polar surface area (TPSA) is 69.9 Å². The van der Waals surface area contributed by atoms with Crippen LogP contribution in [0.5, 0.6) is 0 Å². The first kappa shape index (κ1) is 7.94. The molecule has 1 rings (SSSR count). The van der Waals surface area contributed by atoms with E-state index in [9.17, 15) is 0 Å². The van der Waals surface area contributed by atoms with Gasteiger partial charge in [0.15, 0.2) is 6.29 Å². The Morgan fingerprint density at radius 3 is 2.30 bits per heavy atom. The van der Waals surface area contributed by atoms with E-state index in [0.717, 1.165) is 0 Å². The molecule has 0 saturated carbocycles. The van der Waals surface area contributed by atoms with Crippen LogP contribution in [0.2, 0.25) is 0 Å². The van der Waals surface area contributed by atoms with Crippen LogP contribution in [-0.4, -0.2) is 39.9 Å². The Balaban J connectivity index is 2.41. The minimum absolute atomic E-state index is 0.304. The molecule has 0 radical (unpaired) electrons. The molecule has 0 aliphatic carbocycles. The van der Waals surface area contributed by atoms with Crippen molar-refractivity contribution in [3.63, 3.8) is 0 Å². The highest BCUT2D eigenvalue weighted by atomic mass is 16.6. The van der Waals surface area contributed by atoms with Crippen molar-refractivity contribution in [2.24, 2.45) is 0 Å². The molecule has 60 valence electrons. The lowest BCUT2D eigenvalue weighted by molar-refractivity contribution is -0.143. The van der Waals surface area contributed by atoms with Crippen LogP contribution in [0.15, 0.2) is 0 Å². The van der Waals surface area contributed by atoms with Crippen LogP contribution in [0.4, 0.5) is 0 Å². The molecule has 0 aromatic heterocycles. The molecule has 4 unspecified atom stereocenters. The van der Waals surface area contributed by atoms with E-state index in [-0.39, 0.29) is 0 Å². The van der Waals surface area contributed by atoms with Crippen molar-refractivity contribution in [2.45, 2.75) is 37.9 Å². The SMILES string of the molecule is CC(O)C1CC(O)C(O)O1.